The maximum absolute atomic E-state index is 12.5. The monoisotopic (exact) mass is 290 g/mol. The zero-order chi connectivity index (χ0) is 15.5. The molecule has 1 unspecified atom stereocenters. The van der Waals surface area contributed by atoms with E-state index in [1.165, 1.54) is 0 Å². The zero-order valence-corrected chi connectivity index (χ0v) is 13.5. The first-order valence-corrected chi connectivity index (χ1v) is 7.71. The predicted molar refractivity (Wildman–Crippen MR) is 86.9 cm³/mol. The van der Waals surface area contributed by atoms with Crippen LogP contribution in [0.3, 0.4) is 0 Å². The van der Waals surface area contributed by atoms with Gasteiger partial charge in [-0.05, 0) is 30.4 Å². The van der Waals surface area contributed by atoms with Crippen molar-refractivity contribution in [1.29, 1.82) is 0 Å². The Kier molecular flexibility index (Phi) is 4.76. The number of rotatable bonds is 4. The highest BCUT2D eigenvalue weighted by Crippen LogP contribution is 2.36. The van der Waals surface area contributed by atoms with E-state index in [0.717, 1.165) is 30.0 Å². The summed E-state index contributed by atoms with van der Waals surface area (Å²) >= 11 is 0. The minimum atomic E-state index is -0.0311. The molecule has 21 heavy (non-hydrogen) atoms. The molecule has 2 rings (SSSR count). The van der Waals surface area contributed by atoms with E-state index in [0.29, 0.717) is 13.2 Å². The molecule has 1 aromatic rings. The minimum absolute atomic E-state index is 0.0311. The number of para-hydroxylation sites is 1. The molecule has 0 radical (unpaired) electrons. The standard InChI is InChI=1S/C17H26N2O2/c1-5-9-21-14-8-6-7-13-15(14)19-16(20)12(11-18-13)10-17(2,3)4/h6-8,12,18H,5,9-11H2,1-4H3,(H,19,20). The van der Waals surface area contributed by atoms with E-state index in [1.54, 1.807) is 0 Å². The van der Waals surface area contributed by atoms with Gasteiger partial charge in [0.1, 0.15) is 11.4 Å². The second kappa shape index (κ2) is 6.37. The molecule has 116 valence electrons. The van der Waals surface area contributed by atoms with Crippen LogP contribution in [0, 0.1) is 11.3 Å². The number of carbonyl (C=O) groups is 1. The van der Waals surface area contributed by atoms with Gasteiger partial charge in [0.25, 0.3) is 0 Å². The summed E-state index contributed by atoms with van der Waals surface area (Å²) in [6, 6.07) is 5.83. The van der Waals surface area contributed by atoms with E-state index in [1.807, 2.05) is 18.2 Å². The fourth-order valence-corrected chi connectivity index (χ4v) is 2.59. The van der Waals surface area contributed by atoms with Crippen LogP contribution in [0.25, 0.3) is 0 Å². The van der Waals surface area contributed by atoms with Gasteiger partial charge in [-0.2, -0.15) is 0 Å². The van der Waals surface area contributed by atoms with Crippen molar-refractivity contribution in [3.05, 3.63) is 18.2 Å². The fraction of sp³-hybridized carbons (Fsp3) is 0.588. The molecule has 1 heterocycles. The fourth-order valence-electron chi connectivity index (χ4n) is 2.59. The molecule has 0 saturated carbocycles. The van der Waals surface area contributed by atoms with Crippen molar-refractivity contribution in [3.8, 4) is 5.75 Å². The normalized spacial score (nSPS) is 18.3. The molecule has 0 aliphatic carbocycles. The van der Waals surface area contributed by atoms with Crippen LogP contribution in [0.4, 0.5) is 11.4 Å². The Morgan fingerprint density at radius 2 is 2.10 bits per heavy atom. The highest BCUT2D eigenvalue weighted by molar-refractivity contribution is 5.99. The Bertz CT molecular complexity index is 506. The first kappa shape index (κ1) is 15.7. The first-order valence-electron chi connectivity index (χ1n) is 7.71. The van der Waals surface area contributed by atoms with Gasteiger partial charge < -0.3 is 15.4 Å². The minimum Gasteiger partial charge on any atom is -0.491 e. The quantitative estimate of drug-likeness (QED) is 0.884. The van der Waals surface area contributed by atoms with Crippen LogP contribution in [0.15, 0.2) is 18.2 Å². The van der Waals surface area contributed by atoms with Crippen LogP contribution in [-0.2, 0) is 4.79 Å². The molecular weight excluding hydrogens is 264 g/mol. The first-order chi connectivity index (χ1) is 9.90. The Labute approximate surface area is 127 Å². The summed E-state index contributed by atoms with van der Waals surface area (Å²) in [5.41, 5.74) is 1.84. The summed E-state index contributed by atoms with van der Waals surface area (Å²) in [7, 11) is 0. The van der Waals surface area contributed by atoms with Gasteiger partial charge in [0, 0.05) is 6.54 Å². The van der Waals surface area contributed by atoms with Crippen LogP contribution in [-0.4, -0.2) is 19.1 Å². The van der Waals surface area contributed by atoms with E-state index in [4.69, 9.17) is 4.74 Å². The van der Waals surface area contributed by atoms with Crippen molar-refractivity contribution >= 4 is 17.3 Å². The van der Waals surface area contributed by atoms with Crippen molar-refractivity contribution < 1.29 is 9.53 Å². The Hall–Kier alpha value is -1.71. The number of amides is 1. The molecule has 2 N–H and O–H groups in total. The van der Waals surface area contributed by atoms with Crippen LogP contribution in [0.5, 0.6) is 5.75 Å². The maximum Gasteiger partial charge on any atom is 0.229 e. The van der Waals surface area contributed by atoms with Crippen molar-refractivity contribution in [3.63, 3.8) is 0 Å². The summed E-state index contributed by atoms with van der Waals surface area (Å²) in [4.78, 5) is 12.5. The molecule has 1 aliphatic heterocycles. The number of benzene rings is 1. The Morgan fingerprint density at radius 3 is 2.76 bits per heavy atom. The van der Waals surface area contributed by atoms with Gasteiger partial charge in [-0.3, -0.25) is 4.79 Å². The molecule has 4 heteroatoms. The highest BCUT2D eigenvalue weighted by Gasteiger charge is 2.28. The highest BCUT2D eigenvalue weighted by atomic mass is 16.5. The average Bonchev–Trinajstić information content (AvgIpc) is 2.55. The number of fused-ring (bicyclic) bond motifs is 1. The predicted octanol–water partition coefficient (Wildman–Crippen LogP) is 3.89. The van der Waals surface area contributed by atoms with Gasteiger partial charge in [-0.25, -0.2) is 0 Å². The number of hydrogen-bond acceptors (Lipinski definition) is 3. The van der Waals surface area contributed by atoms with E-state index >= 15 is 0 Å². The number of carbonyl (C=O) groups excluding carboxylic acids is 1. The van der Waals surface area contributed by atoms with E-state index < -0.39 is 0 Å². The lowest BCUT2D eigenvalue weighted by molar-refractivity contribution is -0.120. The summed E-state index contributed by atoms with van der Waals surface area (Å²) < 4.78 is 5.74. The van der Waals surface area contributed by atoms with Crippen LogP contribution < -0.4 is 15.4 Å². The lowest BCUT2D eigenvalue weighted by Gasteiger charge is -2.23. The van der Waals surface area contributed by atoms with E-state index in [9.17, 15) is 4.79 Å². The largest absolute Gasteiger partial charge is 0.491 e. The maximum atomic E-state index is 12.5. The van der Waals surface area contributed by atoms with Gasteiger partial charge in [-0.1, -0.05) is 33.8 Å². The Morgan fingerprint density at radius 1 is 1.33 bits per heavy atom. The van der Waals surface area contributed by atoms with Crippen molar-refractivity contribution in [2.75, 3.05) is 23.8 Å². The van der Waals surface area contributed by atoms with Crippen LogP contribution in [0.1, 0.15) is 40.5 Å². The third-order valence-electron chi connectivity index (χ3n) is 3.50. The van der Waals surface area contributed by atoms with Crippen LogP contribution in [0.2, 0.25) is 0 Å². The second-order valence-electron chi connectivity index (χ2n) is 6.86. The van der Waals surface area contributed by atoms with Gasteiger partial charge in [0.15, 0.2) is 0 Å². The number of anilines is 2. The molecule has 1 aliphatic rings. The second-order valence-corrected chi connectivity index (χ2v) is 6.86. The van der Waals surface area contributed by atoms with Gasteiger partial charge >= 0.3 is 0 Å². The number of ether oxygens (including phenoxy) is 1. The molecule has 1 amide bonds. The molecule has 0 aromatic heterocycles. The topological polar surface area (TPSA) is 50.4 Å². The average molecular weight is 290 g/mol. The molecule has 0 spiro atoms. The van der Waals surface area contributed by atoms with Crippen molar-refractivity contribution in [2.45, 2.75) is 40.5 Å². The van der Waals surface area contributed by atoms with Crippen molar-refractivity contribution in [2.24, 2.45) is 11.3 Å². The van der Waals surface area contributed by atoms with E-state index in [2.05, 4.69) is 38.3 Å². The number of hydrogen-bond donors (Lipinski definition) is 2. The molecule has 4 nitrogen and oxygen atoms in total. The van der Waals surface area contributed by atoms with Gasteiger partial charge in [0.05, 0.1) is 18.2 Å². The molecule has 1 aromatic carbocycles. The zero-order valence-electron chi connectivity index (χ0n) is 13.5. The third-order valence-corrected chi connectivity index (χ3v) is 3.50. The van der Waals surface area contributed by atoms with Crippen molar-refractivity contribution in [1.82, 2.24) is 0 Å². The molecule has 0 bridgehead atoms. The molecule has 0 saturated heterocycles. The van der Waals surface area contributed by atoms with Gasteiger partial charge in [0.2, 0.25) is 5.91 Å². The molecule has 0 fully saturated rings. The number of nitrogens with one attached hydrogen (secondary N) is 2. The summed E-state index contributed by atoms with van der Waals surface area (Å²) in [6.07, 6.45) is 1.79. The Balaban J connectivity index is 2.20. The van der Waals surface area contributed by atoms with E-state index in [-0.39, 0.29) is 17.2 Å². The summed E-state index contributed by atoms with van der Waals surface area (Å²) in [5.74, 6) is 0.784. The smallest absolute Gasteiger partial charge is 0.229 e. The molecule has 1 atom stereocenters. The SMILES string of the molecule is CCCOc1cccc2c1NC(=O)C(CC(C)(C)C)CN2. The molecular formula is C17H26N2O2. The van der Waals surface area contributed by atoms with Gasteiger partial charge in [-0.15, -0.1) is 0 Å². The summed E-state index contributed by atoms with van der Waals surface area (Å²) in [6.45, 7) is 9.86. The summed E-state index contributed by atoms with van der Waals surface area (Å²) in [5, 5.41) is 6.43. The third kappa shape index (κ3) is 4.13. The lowest BCUT2D eigenvalue weighted by atomic mass is 9.84. The lowest BCUT2D eigenvalue weighted by Crippen LogP contribution is -2.29. The van der Waals surface area contributed by atoms with Crippen LogP contribution >= 0.6 is 0 Å².